The van der Waals surface area contributed by atoms with E-state index < -0.39 is 5.60 Å². The molecule has 0 fully saturated rings. The summed E-state index contributed by atoms with van der Waals surface area (Å²) >= 11 is 5.55. The number of allylic oxidation sites excluding steroid dienone is 1. The Balaban J connectivity index is 1.93. The van der Waals surface area contributed by atoms with Gasteiger partial charge in [0.1, 0.15) is 5.76 Å². The van der Waals surface area contributed by atoms with Crippen molar-refractivity contribution in [3.63, 3.8) is 0 Å². The lowest BCUT2D eigenvalue weighted by Crippen LogP contribution is -2.34. The highest BCUT2D eigenvalue weighted by Gasteiger charge is 2.34. The van der Waals surface area contributed by atoms with Gasteiger partial charge in [-0.2, -0.15) is 5.10 Å². The van der Waals surface area contributed by atoms with Crippen LogP contribution in [-0.2, 0) is 0 Å². The van der Waals surface area contributed by atoms with Gasteiger partial charge in [-0.1, -0.05) is 19.1 Å². The number of fused-ring (bicyclic) bond motifs is 1. The largest absolute Gasteiger partial charge is 0.507 e. The molecule has 2 unspecified atom stereocenters. The minimum absolute atomic E-state index is 0.00174. The molecule has 0 spiro atoms. The van der Waals surface area contributed by atoms with E-state index in [9.17, 15) is 10.2 Å². The predicted molar refractivity (Wildman–Crippen MR) is 118 cm³/mol. The second kappa shape index (κ2) is 7.00. The van der Waals surface area contributed by atoms with Crippen LogP contribution in [0.25, 0.3) is 22.2 Å². The molecule has 1 aliphatic rings. The average molecular weight is 411 g/mol. The molecular weight excluding hydrogens is 384 g/mol. The third-order valence-electron chi connectivity index (χ3n) is 5.71. The van der Waals surface area contributed by atoms with Crippen LogP contribution in [-0.4, -0.2) is 35.1 Å². The van der Waals surface area contributed by atoms with E-state index in [4.69, 9.17) is 12.2 Å². The van der Waals surface area contributed by atoms with Gasteiger partial charge in [-0.3, -0.25) is 9.67 Å². The molecule has 1 aliphatic carbocycles. The number of benzene rings is 1. The van der Waals surface area contributed by atoms with Crippen LogP contribution in [0, 0.1) is 10.7 Å². The van der Waals surface area contributed by atoms with Gasteiger partial charge in [-0.25, -0.2) is 0 Å². The first-order valence-electron chi connectivity index (χ1n) is 9.88. The summed E-state index contributed by atoms with van der Waals surface area (Å²) in [5, 5.41) is 29.6. The molecule has 0 saturated heterocycles. The van der Waals surface area contributed by atoms with Crippen LogP contribution < -0.4 is 0 Å². The lowest BCUT2D eigenvalue weighted by molar-refractivity contribution is 0.0604. The Kier molecular flexibility index (Phi) is 4.75. The van der Waals surface area contributed by atoms with Crippen LogP contribution in [0.5, 0.6) is 0 Å². The van der Waals surface area contributed by atoms with Crippen molar-refractivity contribution in [2.24, 2.45) is 5.92 Å². The first-order chi connectivity index (χ1) is 13.7. The third-order valence-corrected chi connectivity index (χ3v) is 5.99. The number of aliphatic hydroxyl groups is 2. The Labute approximate surface area is 174 Å². The zero-order valence-electron chi connectivity index (χ0n) is 17.0. The van der Waals surface area contributed by atoms with E-state index in [1.807, 2.05) is 29.7 Å². The summed E-state index contributed by atoms with van der Waals surface area (Å²) in [4.78, 5) is 0. The molecule has 0 aliphatic heterocycles. The van der Waals surface area contributed by atoms with E-state index in [0.29, 0.717) is 22.2 Å². The zero-order valence-corrected chi connectivity index (χ0v) is 17.9. The summed E-state index contributed by atoms with van der Waals surface area (Å²) in [7, 11) is 0. The maximum atomic E-state index is 10.7. The fourth-order valence-corrected chi connectivity index (χ4v) is 4.39. The summed E-state index contributed by atoms with van der Waals surface area (Å²) in [6.07, 6.45) is 6.19. The third kappa shape index (κ3) is 3.14. The van der Waals surface area contributed by atoms with Crippen molar-refractivity contribution < 1.29 is 10.2 Å². The number of hydrogen-bond donors (Lipinski definition) is 3. The van der Waals surface area contributed by atoms with Crippen LogP contribution in [0.3, 0.4) is 0 Å². The molecule has 152 valence electrons. The van der Waals surface area contributed by atoms with Gasteiger partial charge in [0.25, 0.3) is 0 Å². The van der Waals surface area contributed by atoms with E-state index in [0.717, 1.165) is 23.0 Å². The SMILES string of the molecule is CCC1C=C(c2n[nH]c(=S)n2-c2cccc3c2ccn3C(C)C)C(O)=CC1(C)O. The highest BCUT2D eigenvalue weighted by atomic mass is 32.1. The average Bonchev–Trinajstić information content (AvgIpc) is 3.25. The van der Waals surface area contributed by atoms with Crippen molar-refractivity contribution in [3.8, 4) is 5.69 Å². The smallest absolute Gasteiger partial charge is 0.200 e. The van der Waals surface area contributed by atoms with Crippen LogP contribution in [0.4, 0.5) is 0 Å². The molecule has 2 aromatic heterocycles. The van der Waals surface area contributed by atoms with Crippen molar-refractivity contribution >= 4 is 28.7 Å². The number of aliphatic hydroxyl groups excluding tert-OH is 1. The lowest BCUT2D eigenvalue weighted by Gasteiger charge is -2.31. The Morgan fingerprint density at radius 3 is 2.76 bits per heavy atom. The molecule has 0 radical (unpaired) electrons. The molecule has 0 saturated carbocycles. The van der Waals surface area contributed by atoms with Gasteiger partial charge in [-0.05, 0) is 63.7 Å². The quantitative estimate of drug-likeness (QED) is 0.524. The zero-order chi connectivity index (χ0) is 20.9. The first kappa shape index (κ1) is 19.7. The number of aromatic nitrogens is 4. The highest BCUT2D eigenvalue weighted by molar-refractivity contribution is 7.71. The molecule has 29 heavy (non-hydrogen) atoms. The molecule has 3 N–H and O–H groups in total. The number of nitrogens with one attached hydrogen (secondary N) is 1. The number of hydrogen-bond acceptors (Lipinski definition) is 4. The van der Waals surface area contributed by atoms with Crippen molar-refractivity contribution in [2.75, 3.05) is 0 Å². The Morgan fingerprint density at radius 2 is 2.07 bits per heavy atom. The molecular formula is C22H26N4O2S. The second-order valence-electron chi connectivity index (χ2n) is 8.06. The van der Waals surface area contributed by atoms with Crippen LogP contribution in [0.1, 0.15) is 46.0 Å². The molecule has 7 heteroatoms. The van der Waals surface area contributed by atoms with Crippen molar-refractivity contribution in [1.29, 1.82) is 0 Å². The van der Waals surface area contributed by atoms with Gasteiger partial charge in [0.2, 0.25) is 0 Å². The number of H-pyrrole nitrogens is 1. The van der Waals surface area contributed by atoms with Crippen molar-refractivity contribution in [2.45, 2.75) is 45.8 Å². The van der Waals surface area contributed by atoms with Crippen LogP contribution >= 0.6 is 12.2 Å². The summed E-state index contributed by atoms with van der Waals surface area (Å²) in [5.41, 5.74) is 1.47. The van der Waals surface area contributed by atoms with E-state index >= 15 is 0 Å². The monoisotopic (exact) mass is 410 g/mol. The van der Waals surface area contributed by atoms with Gasteiger partial charge >= 0.3 is 0 Å². The molecule has 2 heterocycles. The lowest BCUT2D eigenvalue weighted by atomic mass is 9.80. The van der Waals surface area contributed by atoms with Gasteiger partial charge in [-0.15, -0.1) is 0 Å². The normalized spacial score (nSPS) is 22.2. The fourth-order valence-electron chi connectivity index (χ4n) is 4.16. The Morgan fingerprint density at radius 1 is 1.31 bits per heavy atom. The number of aromatic amines is 1. The topological polar surface area (TPSA) is 79.0 Å². The fraction of sp³-hybridized carbons (Fsp3) is 0.364. The van der Waals surface area contributed by atoms with Crippen molar-refractivity contribution in [3.05, 3.63) is 59.0 Å². The Hall–Kier alpha value is -2.64. The maximum Gasteiger partial charge on any atom is 0.200 e. The number of nitrogens with zero attached hydrogens (tertiary/aromatic N) is 3. The first-order valence-corrected chi connectivity index (χ1v) is 10.3. The molecule has 6 nitrogen and oxygen atoms in total. The maximum absolute atomic E-state index is 10.7. The highest BCUT2D eigenvalue weighted by Crippen LogP contribution is 2.37. The van der Waals surface area contributed by atoms with Crippen LogP contribution in [0.2, 0.25) is 0 Å². The minimum Gasteiger partial charge on any atom is -0.507 e. The summed E-state index contributed by atoms with van der Waals surface area (Å²) in [6.45, 7) is 8.01. The molecule has 1 aromatic carbocycles. The van der Waals surface area contributed by atoms with Crippen LogP contribution in [0.15, 0.2) is 48.4 Å². The van der Waals surface area contributed by atoms with Gasteiger partial charge in [0.05, 0.1) is 22.4 Å². The standard InChI is InChI=1S/C22H26N4O2S/c1-5-14-11-16(19(27)12-22(14,4)28)20-23-24-21(29)26(20)18-8-6-7-17-15(18)9-10-25(17)13(2)3/h6-14,27-28H,5H2,1-4H3,(H,24,29). The van der Waals surface area contributed by atoms with Gasteiger partial charge < -0.3 is 14.8 Å². The van der Waals surface area contributed by atoms with E-state index in [1.54, 1.807) is 6.92 Å². The summed E-state index contributed by atoms with van der Waals surface area (Å²) in [5.74, 6) is 0.398. The number of rotatable bonds is 4. The summed E-state index contributed by atoms with van der Waals surface area (Å²) < 4.78 is 4.51. The molecule has 2 atom stereocenters. The Bertz CT molecular complexity index is 1190. The molecule has 3 aromatic rings. The molecule has 0 bridgehead atoms. The van der Waals surface area contributed by atoms with Crippen molar-refractivity contribution in [1.82, 2.24) is 19.3 Å². The summed E-state index contributed by atoms with van der Waals surface area (Å²) in [6, 6.07) is 8.50. The predicted octanol–water partition coefficient (Wildman–Crippen LogP) is 5.08. The minimum atomic E-state index is -1.10. The molecule has 4 rings (SSSR count). The van der Waals surface area contributed by atoms with E-state index in [2.05, 4.69) is 46.9 Å². The van der Waals surface area contributed by atoms with Gasteiger partial charge in [0, 0.05) is 23.5 Å². The molecule has 0 amide bonds. The second-order valence-corrected chi connectivity index (χ2v) is 8.45. The van der Waals surface area contributed by atoms with E-state index in [1.165, 1.54) is 6.08 Å². The van der Waals surface area contributed by atoms with Gasteiger partial charge in [0.15, 0.2) is 10.6 Å². The van der Waals surface area contributed by atoms with E-state index in [-0.39, 0.29) is 11.7 Å².